The summed E-state index contributed by atoms with van der Waals surface area (Å²) in [5.41, 5.74) is 0. The van der Waals surface area contributed by atoms with E-state index in [1.54, 1.807) is 7.11 Å². The van der Waals surface area contributed by atoms with Crippen LogP contribution in [0.3, 0.4) is 0 Å². The summed E-state index contributed by atoms with van der Waals surface area (Å²) in [6, 6.07) is -0.0487. The van der Waals surface area contributed by atoms with E-state index in [9.17, 15) is 4.79 Å². The molecule has 0 saturated carbocycles. The largest absolute Gasteiger partial charge is 0.380 e. The van der Waals surface area contributed by atoms with Crippen molar-refractivity contribution in [3.63, 3.8) is 0 Å². The molecule has 2 rings (SSSR count). The van der Waals surface area contributed by atoms with Crippen LogP contribution in [0.25, 0.3) is 0 Å². The second-order valence-electron chi connectivity index (χ2n) is 5.65. The van der Waals surface area contributed by atoms with E-state index in [1.807, 2.05) is 7.05 Å². The van der Waals surface area contributed by atoms with Gasteiger partial charge in [-0.2, -0.15) is 0 Å². The topological polar surface area (TPSA) is 54.0 Å². The predicted octanol–water partition coefficient (Wildman–Crippen LogP) is -0.456. The lowest BCUT2D eigenvalue weighted by Gasteiger charge is -2.21. The Hall–Kier alpha value is -0.690. The molecule has 2 aliphatic rings. The standard InChI is InChI=1S/C14H27N3O3/c1-16-11-12(19-2)10-13(16)14(18)15-4-6-17-5-3-8-20-9-7-17/h12-13H,3-11H2,1-2H3,(H,15,18)/t12-,13-/m0/s1. The highest BCUT2D eigenvalue weighted by Crippen LogP contribution is 2.17. The molecule has 0 aromatic carbocycles. The van der Waals surface area contributed by atoms with Gasteiger partial charge in [0.15, 0.2) is 0 Å². The molecule has 116 valence electrons. The zero-order chi connectivity index (χ0) is 14.4. The van der Waals surface area contributed by atoms with Crippen molar-refractivity contribution in [2.75, 3.05) is 60.1 Å². The Morgan fingerprint density at radius 1 is 1.40 bits per heavy atom. The fourth-order valence-electron chi connectivity index (χ4n) is 2.91. The highest BCUT2D eigenvalue weighted by molar-refractivity contribution is 5.82. The molecule has 2 atom stereocenters. The van der Waals surface area contributed by atoms with Crippen LogP contribution in [0, 0.1) is 0 Å². The highest BCUT2D eigenvalue weighted by Gasteiger charge is 2.34. The fourth-order valence-corrected chi connectivity index (χ4v) is 2.91. The summed E-state index contributed by atoms with van der Waals surface area (Å²) in [4.78, 5) is 16.6. The summed E-state index contributed by atoms with van der Waals surface area (Å²) in [7, 11) is 3.69. The van der Waals surface area contributed by atoms with Crippen LogP contribution in [0.4, 0.5) is 0 Å². The van der Waals surface area contributed by atoms with Crippen molar-refractivity contribution in [2.45, 2.75) is 25.0 Å². The second-order valence-corrected chi connectivity index (χ2v) is 5.65. The molecule has 2 aliphatic heterocycles. The summed E-state index contributed by atoms with van der Waals surface area (Å²) >= 11 is 0. The molecule has 2 fully saturated rings. The Morgan fingerprint density at radius 2 is 2.25 bits per heavy atom. The van der Waals surface area contributed by atoms with E-state index in [-0.39, 0.29) is 18.1 Å². The maximum Gasteiger partial charge on any atom is 0.237 e. The molecule has 0 aliphatic carbocycles. The van der Waals surface area contributed by atoms with Crippen molar-refractivity contribution in [1.29, 1.82) is 0 Å². The number of carbonyl (C=O) groups is 1. The van der Waals surface area contributed by atoms with Crippen LogP contribution in [0.2, 0.25) is 0 Å². The van der Waals surface area contributed by atoms with E-state index in [2.05, 4.69) is 15.1 Å². The van der Waals surface area contributed by atoms with Gasteiger partial charge in [-0.15, -0.1) is 0 Å². The van der Waals surface area contributed by atoms with Crippen LogP contribution in [-0.2, 0) is 14.3 Å². The van der Waals surface area contributed by atoms with Crippen LogP contribution in [0.1, 0.15) is 12.8 Å². The number of hydrogen-bond donors (Lipinski definition) is 1. The Labute approximate surface area is 121 Å². The third-order valence-corrected chi connectivity index (χ3v) is 4.19. The Morgan fingerprint density at radius 3 is 3.00 bits per heavy atom. The van der Waals surface area contributed by atoms with Crippen LogP contribution in [0.15, 0.2) is 0 Å². The molecule has 0 aromatic heterocycles. The van der Waals surface area contributed by atoms with Crippen LogP contribution < -0.4 is 5.32 Å². The van der Waals surface area contributed by atoms with E-state index in [0.717, 1.165) is 52.2 Å². The minimum atomic E-state index is -0.0487. The molecule has 20 heavy (non-hydrogen) atoms. The molecule has 0 aromatic rings. The first-order valence-electron chi connectivity index (χ1n) is 7.51. The summed E-state index contributed by atoms with van der Waals surface area (Å²) in [5, 5.41) is 3.05. The zero-order valence-corrected chi connectivity index (χ0v) is 12.6. The molecule has 1 amide bonds. The second kappa shape index (κ2) is 7.93. The Balaban J connectivity index is 1.67. The quantitative estimate of drug-likeness (QED) is 0.741. The normalized spacial score (nSPS) is 29.3. The third kappa shape index (κ3) is 4.41. The number of nitrogens with zero attached hydrogens (tertiary/aromatic N) is 2. The molecule has 1 N–H and O–H groups in total. The Bertz CT molecular complexity index is 306. The molecular formula is C14H27N3O3. The fraction of sp³-hybridized carbons (Fsp3) is 0.929. The number of rotatable bonds is 5. The van der Waals surface area contributed by atoms with Crippen LogP contribution >= 0.6 is 0 Å². The van der Waals surface area contributed by atoms with Gasteiger partial charge in [-0.05, 0) is 19.9 Å². The average molecular weight is 285 g/mol. The SMILES string of the molecule is CO[C@H]1C[C@@H](C(=O)NCCN2CCCOCC2)N(C)C1. The van der Waals surface area contributed by atoms with Crippen molar-refractivity contribution in [2.24, 2.45) is 0 Å². The van der Waals surface area contributed by atoms with Crippen LogP contribution in [-0.4, -0.2) is 87.9 Å². The van der Waals surface area contributed by atoms with Gasteiger partial charge >= 0.3 is 0 Å². The van der Waals surface area contributed by atoms with Crippen molar-refractivity contribution in [3.05, 3.63) is 0 Å². The first-order valence-corrected chi connectivity index (χ1v) is 7.51. The lowest BCUT2D eigenvalue weighted by atomic mass is 10.2. The average Bonchev–Trinajstić information content (AvgIpc) is 2.65. The summed E-state index contributed by atoms with van der Waals surface area (Å²) < 4.78 is 10.8. The first-order chi connectivity index (χ1) is 9.70. The van der Waals surface area contributed by atoms with Crippen molar-refractivity contribution >= 4 is 5.91 Å². The van der Waals surface area contributed by atoms with Crippen molar-refractivity contribution in [1.82, 2.24) is 15.1 Å². The van der Waals surface area contributed by atoms with Gasteiger partial charge in [0, 0.05) is 46.4 Å². The van der Waals surface area contributed by atoms with Gasteiger partial charge in [0.2, 0.25) is 5.91 Å². The molecule has 6 nitrogen and oxygen atoms in total. The van der Waals surface area contributed by atoms with E-state index < -0.39 is 0 Å². The minimum Gasteiger partial charge on any atom is -0.380 e. The molecule has 6 heteroatoms. The zero-order valence-electron chi connectivity index (χ0n) is 12.6. The summed E-state index contributed by atoms with van der Waals surface area (Å²) in [6.45, 7) is 6.12. The van der Waals surface area contributed by atoms with Crippen molar-refractivity contribution in [3.8, 4) is 0 Å². The smallest absolute Gasteiger partial charge is 0.237 e. The number of carbonyl (C=O) groups excluding carboxylic acids is 1. The first kappa shape index (κ1) is 15.7. The lowest BCUT2D eigenvalue weighted by Crippen LogP contribution is -2.44. The van der Waals surface area contributed by atoms with Crippen LogP contribution in [0.5, 0.6) is 0 Å². The number of ether oxygens (including phenoxy) is 2. The molecule has 0 radical (unpaired) electrons. The molecule has 2 saturated heterocycles. The number of likely N-dealkylation sites (N-methyl/N-ethyl adjacent to an activating group) is 1. The molecular weight excluding hydrogens is 258 g/mol. The van der Waals surface area contributed by atoms with Gasteiger partial charge < -0.3 is 14.8 Å². The lowest BCUT2D eigenvalue weighted by molar-refractivity contribution is -0.125. The van der Waals surface area contributed by atoms with Crippen molar-refractivity contribution < 1.29 is 14.3 Å². The monoisotopic (exact) mass is 285 g/mol. The maximum absolute atomic E-state index is 12.2. The number of likely N-dealkylation sites (tertiary alicyclic amines) is 1. The van der Waals surface area contributed by atoms with E-state index in [4.69, 9.17) is 9.47 Å². The van der Waals surface area contributed by atoms with Gasteiger partial charge in [0.25, 0.3) is 0 Å². The predicted molar refractivity (Wildman–Crippen MR) is 76.7 cm³/mol. The number of nitrogens with one attached hydrogen (secondary N) is 1. The van der Waals surface area contributed by atoms with Gasteiger partial charge in [0.05, 0.1) is 18.8 Å². The summed E-state index contributed by atoms with van der Waals surface area (Å²) in [5.74, 6) is 0.123. The maximum atomic E-state index is 12.2. The number of hydrogen-bond acceptors (Lipinski definition) is 5. The number of amides is 1. The highest BCUT2D eigenvalue weighted by atomic mass is 16.5. The molecule has 0 bridgehead atoms. The molecule has 0 spiro atoms. The van der Waals surface area contributed by atoms with Gasteiger partial charge in [-0.1, -0.05) is 0 Å². The molecule has 0 unspecified atom stereocenters. The van der Waals surface area contributed by atoms with E-state index in [0.29, 0.717) is 6.54 Å². The number of methoxy groups -OCH3 is 1. The molecule has 2 heterocycles. The van der Waals surface area contributed by atoms with E-state index in [1.165, 1.54) is 0 Å². The van der Waals surface area contributed by atoms with Gasteiger partial charge in [-0.25, -0.2) is 0 Å². The third-order valence-electron chi connectivity index (χ3n) is 4.19. The van der Waals surface area contributed by atoms with Gasteiger partial charge in [-0.3, -0.25) is 14.6 Å². The summed E-state index contributed by atoms with van der Waals surface area (Å²) in [6.07, 6.45) is 2.05. The van der Waals surface area contributed by atoms with Gasteiger partial charge in [0.1, 0.15) is 0 Å². The Kier molecular flexibility index (Phi) is 6.22. The van der Waals surface area contributed by atoms with E-state index >= 15 is 0 Å². The minimum absolute atomic E-state index is 0.0487.